The Morgan fingerprint density at radius 3 is 2.93 bits per heavy atom. The predicted octanol–water partition coefficient (Wildman–Crippen LogP) is 1.99. The Labute approximate surface area is 165 Å². The van der Waals surface area contributed by atoms with E-state index in [9.17, 15) is 0 Å². The third-order valence-electron chi connectivity index (χ3n) is 5.65. The molecule has 0 unspecified atom stereocenters. The fourth-order valence-electron chi connectivity index (χ4n) is 4.26. The van der Waals surface area contributed by atoms with E-state index in [1.807, 2.05) is 4.52 Å². The molecule has 0 radical (unpaired) electrons. The van der Waals surface area contributed by atoms with Crippen LogP contribution in [0.3, 0.4) is 0 Å². The van der Waals surface area contributed by atoms with Gasteiger partial charge in [-0.25, -0.2) is 10.1 Å². The molecule has 0 aromatic carbocycles. The van der Waals surface area contributed by atoms with Gasteiger partial charge in [-0.1, -0.05) is 4.98 Å². The quantitative estimate of drug-likeness (QED) is 0.495. The van der Waals surface area contributed by atoms with Crippen LogP contribution in [-0.4, -0.2) is 52.0 Å². The number of pyridine rings is 1. The number of fused-ring (bicyclic) bond motifs is 7. The first kappa shape index (κ1) is 16.6. The van der Waals surface area contributed by atoms with Gasteiger partial charge in [-0.3, -0.25) is 0 Å². The number of nitrogens with one attached hydrogen (secondary N) is 1. The Balaban J connectivity index is 1.69. The number of H-pyrrole nitrogens is 1. The van der Waals surface area contributed by atoms with Crippen molar-refractivity contribution in [1.29, 1.82) is 0 Å². The van der Waals surface area contributed by atoms with Crippen molar-refractivity contribution in [2.75, 3.05) is 31.2 Å². The van der Waals surface area contributed by atoms with E-state index in [4.69, 9.17) is 19.4 Å². The molecule has 0 aliphatic carbocycles. The lowest BCUT2D eigenvalue weighted by Crippen LogP contribution is -2.39. The zero-order chi connectivity index (χ0) is 18.9. The van der Waals surface area contributed by atoms with Gasteiger partial charge in [0.2, 0.25) is 6.33 Å². The fourth-order valence-corrected chi connectivity index (χ4v) is 5.40. The van der Waals surface area contributed by atoms with Gasteiger partial charge < -0.3 is 14.4 Å². The number of anilines is 1. The number of morpholine rings is 1. The van der Waals surface area contributed by atoms with Crippen LogP contribution in [0.4, 0.5) is 5.82 Å². The molecule has 0 atom stereocenters. The summed E-state index contributed by atoms with van der Waals surface area (Å²) in [6.45, 7) is 8.07. The lowest BCUT2D eigenvalue weighted by Gasteiger charge is -2.36. The van der Waals surface area contributed by atoms with E-state index < -0.39 is 0 Å². The minimum absolute atomic E-state index is 0.205. The third-order valence-corrected chi connectivity index (χ3v) is 6.71. The van der Waals surface area contributed by atoms with Crippen LogP contribution in [0.15, 0.2) is 12.7 Å². The second-order valence-electron chi connectivity index (χ2n) is 8.00. The van der Waals surface area contributed by atoms with Crippen LogP contribution >= 0.6 is 11.3 Å². The topological polar surface area (TPSA) is 80.3 Å². The van der Waals surface area contributed by atoms with Crippen LogP contribution in [0, 0.1) is 0 Å². The van der Waals surface area contributed by atoms with Crippen LogP contribution in [0.2, 0.25) is 0 Å². The van der Waals surface area contributed by atoms with E-state index >= 15 is 0 Å². The summed E-state index contributed by atoms with van der Waals surface area (Å²) in [4.78, 5) is 17.7. The molecule has 6 heterocycles. The lowest BCUT2D eigenvalue weighted by atomic mass is 9.90. The number of hydrogen-bond acceptors (Lipinski definition) is 7. The summed E-state index contributed by atoms with van der Waals surface area (Å²) in [7, 11) is 0. The van der Waals surface area contributed by atoms with Crippen LogP contribution in [-0.2, 0) is 22.5 Å². The number of nitrogens with zero attached hydrogens (tertiary/aromatic N) is 5. The van der Waals surface area contributed by atoms with Crippen molar-refractivity contribution in [3.63, 3.8) is 0 Å². The van der Waals surface area contributed by atoms with Gasteiger partial charge >= 0.3 is 5.65 Å². The summed E-state index contributed by atoms with van der Waals surface area (Å²) in [5.41, 5.74) is 4.19. The number of aromatic amines is 1. The average Bonchev–Trinajstić information content (AvgIpc) is 3.31. The Bertz CT molecular complexity index is 1220. The molecule has 2 aliphatic rings. The Morgan fingerprint density at radius 2 is 2.07 bits per heavy atom. The molecule has 0 bridgehead atoms. The molecule has 0 saturated carbocycles. The maximum Gasteiger partial charge on any atom is 0.307 e. The van der Waals surface area contributed by atoms with Gasteiger partial charge in [-0.2, -0.15) is 0 Å². The first-order chi connectivity index (χ1) is 13.6. The van der Waals surface area contributed by atoms with E-state index in [0.29, 0.717) is 6.61 Å². The normalized spacial score (nSPS) is 19.6. The van der Waals surface area contributed by atoms with Gasteiger partial charge in [-0.05, 0) is 19.4 Å². The molecule has 0 spiro atoms. The third kappa shape index (κ3) is 2.36. The van der Waals surface area contributed by atoms with Crippen molar-refractivity contribution in [3.05, 3.63) is 23.8 Å². The minimum atomic E-state index is -0.205. The molecule has 1 saturated heterocycles. The summed E-state index contributed by atoms with van der Waals surface area (Å²) >= 11 is 1.67. The van der Waals surface area contributed by atoms with Gasteiger partial charge in [0.05, 0.1) is 30.8 Å². The first-order valence-electron chi connectivity index (χ1n) is 9.55. The fraction of sp³-hybridized carbons (Fsp3) is 0.474. The molecule has 28 heavy (non-hydrogen) atoms. The highest BCUT2D eigenvalue weighted by molar-refractivity contribution is 7.26. The molecule has 1 fully saturated rings. The highest BCUT2D eigenvalue weighted by Gasteiger charge is 2.34. The summed E-state index contributed by atoms with van der Waals surface area (Å²) in [5.74, 6) is 1.04. The van der Waals surface area contributed by atoms with E-state index in [2.05, 4.69) is 28.8 Å². The molecular formula is C19H21N6O2S+. The summed E-state index contributed by atoms with van der Waals surface area (Å²) < 4.78 is 14.6. The number of ether oxygens (including phenoxy) is 2. The highest BCUT2D eigenvalue weighted by Crippen LogP contribution is 2.43. The predicted molar refractivity (Wildman–Crippen MR) is 106 cm³/mol. The van der Waals surface area contributed by atoms with Gasteiger partial charge in [0.1, 0.15) is 10.6 Å². The van der Waals surface area contributed by atoms with Gasteiger partial charge in [0.25, 0.3) is 0 Å². The summed E-state index contributed by atoms with van der Waals surface area (Å²) in [6.07, 6.45) is 4.33. The van der Waals surface area contributed by atoms with Crippen molar-refractivity contribution in [2.45, 2.75) is 32.5 Å². The van der Waals surface area contributed by atoms with Gasteiger partial charge in [0.15, 0.2) is 16.5 Å². The number of rotatable bonds is 1. The standard InChI is InChI=1S/C19H20N6O2S/c1-19(2)7-11-12(8-27-19)16(24-3-5-26-6-4-24)23-18-13(11)14-15(28-18)17-20-9-22-25(17)10-21-14/h9-10H,3-8H2,1-2H3/p+1. The number of aromatic nitrogens is 5. The van der Waals surface area contributed by atoms with Crippen LogP contribution in [0.25, 0.3) is 26.1 Å². The van der Waals surface area contributed by atoms with Crippen LogP contribution < -0.4 is 9.42 Å². The van der Waals surface area contributed by atoms with Crippen LogP contribution in [0.5, 0.6) is 0 Å². The number of thiophene rings is 1. The molecule has 4 aromatic rings. The molecule has 6 rings (SSSR count). The minimum Gasteiger partial charge on any atom is -0.378 e. The zero-order valence-electron chi connectivity index (χ0n) is 15.9. The summed E-state index contributed by atoms with van der Waals surface area (Å²) in [5, 5.41) is 4.24. The lowest BCUT2D eigenvalue weighted by molar-refractivity contribution is -0.579. The van der Waals surface area contributed by atoms with Crippen molar-refractivity contribution < 1.29 is 14.0 Å². The highest BCUT2D eigenvalue weighted by atomic mass is 32.1. The van der Waals surface area contributed by atoms with Gasteiger partial charge in [0, 0.05) is 25.1 Å². The Hall–Kier alpha value is -2.36. The molecule has 1 N–H and O–H groups in total. The monoisotopic (exact) mass is 397 g/mol. The maximum absolute atomic E-state index is 6.18. The maximum atomic E-state index is 6.18. The second-order valence-corrected chi connectivity index (χ2v) is 9.00. The molecule has 9 heteroatoms. The van der Waals surface area contributed by atoms with Crippen molar-refractivity contribution in [2.24, 2.45) is 0 Å². The van der Waals surface area contributed by atoms with E-state index in [1.165, 1.54) is 11.1 Å². The average molecular weight is 397 g/mol. The molecule has 8 nitrogen and oxygen atoms in total. The molecule has 0 amide bonds. The van der Waals surface area contributed by atoms with Crippen LogP contribution in [0.1, 0.15) is 25.0 Å². The van der Waals surface area contributed by atoms with E-state index in [-0.39, 0.29) is 5.60 Å². The van der Waals surface area contributed by atoms with E-state index in [1.54, 1.807) is 24.0 Å². The van der Waals surface area contributed by atoms with Crippen molar-refractivity contribution in [3.8, 4) is 0 Å². The zero-order valence-corrected chi connectivity index (χ0v) is 16.7. The second kappa shape index (κ2) is 5.82. The number of hydrogen-bond donors (Lipinski definition) is 1. The van der Waals surface area contributed by atoms with E-state index in [0.717, 1.165) is 64.6 Å². The Morgan fingerprint density at radius 1 is 1.21 bits per heavy atom. The molecule has 144 valence electrons. The molecular weight excluding hydrogens is 376 g/mol. The molecule has 4 aromatic heterocycles. The largest absolute Gasteiger partial charge is 0.378 e. The molecule has 2 aliphatic heterocycles. The van der Waals surface area contributed by atoms with Crippen molar-refractivity contribution >= 4 is 43.2 Å². The van der Waals surface area contributed by atoms with Crippen molar-refractivity contribution in [1.82, 2.24) is 20.1 Å². The van der Waals surface area contributed by atoms with Gasteiger partial charge in [-0.15, -0.1) is 20.8 Å². The first-order valence-corrected chi connectivity index (χ1v) is 10.4. The smallest absolute Gasteiger partial charge is 0.307 e. The summed E-state index contributed by atoms with van der Waals surface area (Å²) in [6, 6.07) is 0. The Kier molecular flexibility index (Phi) is 3.45. The SMILES string of the molecule is CC1(C)Cc2c(c(N3CCOCC3)nc3sc4c(nc[n+]5[nH]cnc45)c23)CO1.